The van der Waals surface area contributed by atoms with Gasteiger partial charge in [-0.05, 0) is 13.3 Å². The van der Waals surface area contributed by atoms with Crippen LogP contribution in [0.1, 0.15) is 29.3 Å². The molecule has 1 aromatic carbocycles. The van der Waals surface area contributed by atoms with Gasteiger partial charge in [-0.1, -0.05) is 36.8 Å². The molecule has 3 aromatic rings. The predicted molar refractivity (Wildman–Crippen MR) is 98.8 cm³/mol. The SMILES string of the molecule is CC[C@H](Cn1ccnc1)NC(=O)c1cnc(-c2ccc(C)cc2)[nH]c1=O. The summed E-state index contributed by atoms with van der Waals surface area (Å²) in [7, 11) is 0. The maximum atomic E-state index is 12.5. The molecule has 0 unspecified atom stereocenters. The minimum atomic E-state index is -0.453. The van der Waals surface area contributed by atoms with Crippen LogP contribution >= 0.6 is 0 Å². The van der Waals surface area contributed by atoms with Crippen LogP contribution in [0.5, 0.6) is 0 Å². The number of aromatic nitrogens is 4. The Bertz CT molecular complexity index is 929. The standard InChI is InChI=1S/C19H21N5O2/c1-3-15(11-24-9-8-20-12-24)22-18(25)16-10-21-17(23-19(16)26)14-6-4-13(2)5-7-14/h4-10,12,15H,3,11H2,1-2H3,(H,22,25)(H,21,23,26)/t15-/m1/s1. The van der Waals surface area contributed by atoms with Crippen LogP contribution in [0.15, 0.2) is 54.0 Å². The molecule has 0 radical (unpaired) electrons. The van der Waals surface area contributed by atoms with Crippen LogP contribution < -0.4 is 10.9 Å². The van der Waals surface area contributed by atoms with Crippen molar-refractivity contribution in [2.24, 2.45) is 0 Å². The van der Waals surface area contributed by atoms with Gasteiger partial charge in [-0.15, -0.1) is 0 Å². The Balaban J connectivity index is 1.75. The number of carbonyl (C=O) groups excluding carboxylic acids is 1. The molecule has 7 heteroatoms. The van der Waals surface area contributed by atoms with Gasteiger partial charge in [-0.3, -0.25) is 9.59 Å². The van der Waals surface area contributed by atoms with Crippen molar-refractivity contribution in [1.29, 1.82) is 0 Å². The third-order valence-corrected chi connectivity index (χ3v) is 4.19. The van der Waals surface area contributed by atoms with Gasteiger partial charge in [0, 0.05) is 36.7 Å². The number of imidazole rings is 1. The summed E-state index contributed by atoms with van der Waals surface area (Å²) in [5.41, 5.74) is 1.47. The number of hydrogen-bond donors (Lipinski definition) is 2. The normalized spacial score (nSPS) is 11.9. The molecule has 0 aliphatic heterocycles. The number of carbonyl (C=O) groups is 1. The fraction of sp³-hybridized carbons (Fsp3) is 0.263. The summed E-state index contributed by atoms with van der Waals surface area (Å²) in [6.45, 7) is 4.56. The number of H-pyrrole nitrogens is 1. The van der Waals surface area contributed by atoms with E-state index in [1.54, 1.807) is 12.5 Å². The van der Waals surface area contributed by atoms with Crippen LogP contribution in [0.2, 0.25) is 0 Å². The van der Waals surface area contributed by atoms with Crippen LogP contribution in [0.3, 0.4) is 0 Å². The molecule has 0 saturated heterocycles. The first-order chi connectivity index (χ1) is 12.6. The van der Waals surface area contributed by atoms with Crippen LogP contribution in [0.25, 0.3) is 11.4 Å². The van der Waals surface area contributed by atoms with Gasteiger partial charge in [0.15, 0.2) is 0 Å². The van der Waals surface area contributed by atoms with Crippen molar-refractivity contribution in [2.45, 2.75) is 32.9 Å². The van der Waals surface area contributed by atoms with Gasteiger partial charge in [-0.2, -0.15) is 0 Å². The highest BCUT2D eigenvalue weighted by molar-refractivity contribution is 5.93. The Morgan fingerprint density at radius 3 is 2.69 bits per heavy atom. The van der Waals surface area contributed by atoms with Gasteiger partial charge in [0.2, 0.25) is 0 Å². The Labute approximate surface area is 151 Å². The van der Waals surface area contributed by atoms with Crippen LogP contribution in [-0.4, -0.2) is 31.5 Å². The van der Waals surface area contributed by atoms with Gasteiger partial charge in [0.05, 0.1) is 6.33 Å². The minimum Gasteiger partial charge on any atom is -0.347 e. The molecular weight excluding hydrogens is 330 g/mol. The van der Waals surface area contributed by atoms with Crippen LogP contribution in [-0.2, 0) is 6.54 Å². The van der Waals surface area contributed by atoms with E-state index in [4.69, 9.17) is 0 Å². The van der Waals surface area contributed by atoms with E-state index in [-0.39, 0.29) is 11.6 Å². The lowest BCUT2D eigenvalue weighted by atomic mass is 10.1. The maximum Gasteiger partial charge on any atom is 0.264 e. The highest BCUT2D eigenvalue weighted by Crippen LogP contribution is 2.13. The zero-order chi connectivity index (χ0) is 18.5. The Hall–Kier alpha value is -3.22. The lowest BCUT2D eigenvalue weighted by Gasteiger charge is -2.17. The smallest absolute Gasteiger partial charge is 0.264 e. The second kappa shape index (κ2) is 7.77. The van der Waals surface area contributed by atoms with E-state index in [9.17, 15) is 9.59 Å². The molecule has 3 rings (SSSR count). The zero-order valence-corrected chi connectivity index (χ0v) is 14.8. The average Bonchev–Trinajstić information content (AvgIpc) is 3.14. The lowest BCUT2D eigenvalue weighted by Crippen LogP contribution is -2.39. The number of aromatic amines is 1. The molecule has 2 N–H and O–H groups in total. The van der Waals surface area contributed by atoms with Crippen molar-refractivity contribution in [3.8, 4) is 11.4 Å². The molecule has 134 valence electrons. The summed E-state index contributed by atoms with van der Waals surface area (Å²) in [6, 6.07) is 7.54. The monoisotopic (exact) mass is 351 g/mol. The third-order valence-electron chi connectivity index (χ3n) is 4.19. The molecule has 0 bridgehead atoms. The number of rotatable bonds is 6. The average molecular weight is 351 g/mol. The van der Waals surface area contributed by atoms with E-state index in [2.05, 4.69) is 20.3 Å². The van der Waals surface area contributed by atoms with Crippen molar-refractivity contribution in [3.05, 3.63) is 70.7 Å². The number of nitrogens with one attached hydrogen (secondary N) is 2. The zero-order valence-electron chi connectivity index (χ0n) is 14.8. The summed E-state index contributed by atoms with van der Waals surface area (Å²) < 4.78 is 1.89. The van der Waals surface area contributed by atoms with Crippen molar-refractivity contribution in [1.82, 2.24) is 24.8 Å². The topological polar surface area (TPSA) is 92.7 Å². The fourth-order valence-corrected chi connectivity index (χ4v) is 2.60. The first-order valence-corrected chi connectivity index (χ1v) is 8.49. The van der Waals surface area contributed by atoms with E-state index < -0.39 is 11.5 Å². The quantitative estimate of drug-likeness (QED) is 0.712. The number of hydrogen-bond acceptors (Lipinski definition) is 4. The van der Waals surface area contributed by atoms with Crippen molar-refractivity contribution < 1.29 is 4.79 Å². The van der Waals surface area contributed by atoms with Gasteiger partial charge < -0.3 is 14.9 Å². The molecule has 1 atom stereocenters. The molecule has 0 aliphatic carbocycles. The summed E-state index contributed by atoms with van der Waals surface area (Å²) in [5, 5.41) is 2.88. The third kappa shape index (κ3) is 4.05. The predicted octanol–water partition coefficient (Wildman–Crippen LogP) is 2.15. The molecule has 0 saturated carbocycles. The maximum absolute atomic E-state index is 12.5. The summed E-state index contributed by atoms with van der Waals surface area (Å²) in [6.07, 6.45) is 7.27. The number of aryl methyl sites for hydroxylation is 1. The molecule has 2 heterocycles. The second-order valence-electron chi connectivity index (χ2n) is 6.18. The molecule has 7 nitrogen and oxygen atoms in total. The first kappa shape index (κ1) is 17.6. The Kier molecular flexibility index (Phi) is 5.26. The van der Waals surface area contributed by atoms with E-state index in [0.29, 0.717) is 12.4 Å². The summed E-state index contributed by atoms with van der Waals surface area (Å²) >= 11 is 0. The fourth-order valence-electron chi connectivity index (χ4n) is 2.60. The molecule has 26 heavy (non-hydrogen) atoms. The van der Waals surface area contributed by atoms with E-state index in [1.807, 2.05) is 48.9 Å². The van der Waals surface area contributed by atoms with Gasteiger partial charge in [-0.25, -0.2) is 9.97 Å². The summed E-state index contributed by atoms with van der Waals surface area (Å²) in [4.78, 5) is 35.7. The van der Waals surface area contributed by atoms with Crippen LogP contribution in [0, 0.1) is 6.92 Å². The molecule has 2 aromatic heterocycles. The Morgan fingerprint density at radius 1 is 1.31 bits per heavy atom. The van der Waals surface area contributed by atoms with E-state index in [1.165, 1.54) is 6.20 Å². The highest BCUT2D eigenvalue weighted by atomic mass is 16.2. The molecule has 0 aliphatic rings. The number of benzene rings is 1. The lowest BCUT2D eigenvalue weighted by molar-refractivity contribution is 0.0930. The molecular formula is C19H21N5O2. The Morgan fingerprint density at radius 2 is 2.08 bits per heavy atom. The molecule has 0 fully saturated rings. The van der Waals surface area contributed by atoms with Gasteiger partial charge in [0.25, 0.3) is 11.5 Å². The molecule has 1 amide bonds. The second-order valence-corrected chi connectivity index (χ2v) is 6.18. The van der Waals surface area contributed by atoms with E-state index in [0.717, 1.165) is 17.5 Å². The van der Waals surface area contributed by atoms with Crippen LogP contribution in [0.4, 0.5) is 0 Å². The van der Waals surface area contributed by atoms with Gasteiger partial charge in [0.1, 0.15) is 11.4 Å². The largest absolute Gasteiger partial charge is 0.347 e. The van der Waals surface area contributed by atoms with Crippen molar-refractivity contribution >= 4 is 5.91 Å². The van der Waals surface area contributed by atoms with Crippen molar-refractivity contribution in [2.75, 3.05) is 0 Å². The number of amides is 1. The first-order valence-electron chi connectivity index (χ1n) is 8.49. The number of nitrogens with zero attached hydrogens (tertiary/aromatic N) is 3. The van der Waals surface area contributed by atoms with Gasteiger partial charge >= 0.3 is 0 Å². The van der Waals surface area contributed by atoms with E-state index >= 15 is 0 Å². The molecule has 0 spiro atoms. The minimum absolute atomic E-state index is 0.00458. The van der Waals surface area contributed by atoms with Crippen molar-refractivity contribution in [3.63, 3.8) is 0 Å². The summed E-state index contributed by atoms with van der Waals surface area (Å²) in [5.74, 6) is 0.0122. The highest BCUT2D eigenvalue weighted by Gasteiger charge is 2.16.